The SMILES string of the molecule is Cc1cc(C)cc(OCc2nnc(SCC(=O)N3[C@H](C)CCC[C@H]3C)o2)c1. The van der Waals surface area contributed by atoms with Crippen LogP contribution in [-0.4, -0.2) is 38.8 Å². The summed E-state index contributed by atoms with van der Waals surface area (Å²) in [6.45, 7) is 8.51. The fraction of sp³-hybridized carbons (Fsp3) is 0.550. The zero-order valence-electron chi connectivity index (χ0n) is 16.4. The molecule has 0 bridgehead atoms. The Morgan fingerprint density at radius 2 is 1.85 bits per heavy atom. The van der Waals surface area contributed by atoms with Gasteiger partial charge in [0.05, 0.1) is 5.75 Å². The van der Waals surface area contributed by atoms with Crippen LogP contribution in [0.3, 0.4) is 0 Å². The second-order valence-corrected chi connectivity index (χ2v) is 8.22. The van der Waals surface area contributed by atoms with Gasteiger partial charge in [-0.1, -0.05) is 17.8 Å². The topological polar surface area (TPSA) is 68.5 Å². The Labute approximate surface area is 164 Å². The van der Waals surface area contributed by atoms with Crippen LogP contribution in [-0.2, 0) is 11.4 Å². The number of piperidine rings is 1. The number of likely N-dealkylation sites (tertiary alicyclic amines) is 1. The Hall–Kier alpha value is -2.02. The average Bonchev–Trinajstić information content (AvgIpc) is 3.05. The van der Waals surface area contributed by atoms with Crippen molar-refractivity contribution in [2.75, 3.05) is 5.75 Å². The van der Waals surface area contributed by atoms with Crippen molar-refractivity contribution in [2.45, 2.75) is 70.9 Å². The maximum atomic E-state index is 12.6. The lowest BCUT2D eigenvalue weighted by molar-refractivity contribution is -0.134. The van der Waals surface area contributed by atoms with Gasteiger partial charge in [0.1, 0.15) is 5.75 Å². The van der Waals surface area contributed by atoms with Gasteiger partial charge in [-0.15, -0.1) is 10.2 Å². The van der Waals surface area contributed by atoms with E-state index in [1.165, 1.54) is 18.2 Å². The predicted molar refractivity (Wildman–Crippen MR) is 105 cm³/mol. The van der Waals surface area contributed by atoms with Crippen LogP contribution in [0, 0.1) is 13.8 Å². The quantitative estimate of drug-likeness (QED) is 0.692. The molecule has 6 nitrogen and oxygen atoms in total. The van der Waals surface area contributed by atoms with Crippen LogP contribution in [0.15, 0.2) is 27.8 Å². The van der Waals surface area contributed by atoms with Crippen molar-refractivity contribution in [3.05, 3.63) is 35.2 Å². The molecule has 0 radical (unpaired) electrons. The molecule has 0 unspecified atom stereocenters. The number of hydrogen-bond acceptors (Lipinski definition) is 6. The Morgan fingerprint density at radius 3 is 2.52 bits per heavy atom. The van der Waals surface area contributed by atoms with Gasteiger partial charge in [0, 0.05) is 12.1 Å². The normalized spacial score (nSPS) is 19.9. The van der Waals surface area contributed by atoms with Crippen LogP contribution in [0.4, 0.5) is 0 Å². The lowest BCUT2D eigenvalue weighted by Crippen LogP contribution is -2.48. The van der Waals surface area contributed by atoms with Crippen molar-refractivity contribution in [3.63, 3.8) is 0 Å². The molecule has 2 aromatic rings. The minimum atomic E-state index is 0.130. The van der Waals surface area contributed by atoms with Gasteiger partial charge in [-0.3, -0.25) is 4.79 Å². The van der Waals surface area contributed by atoms with Crippen LogP contribution >= 0.6 is 11.8 Å². The van der Waals surface area contributed by atoms with Crippen molar-refractivity contribution in [3.8, 4) is 5.75 Å². The number of hydrogen-bond donors (Lipinski definition) is 0. The number of benzene rings is 1. The highest BCUT2D eigenvalue weighted by atomic mass is 32.2. The Morgan fingerprint density at radius 1 is 1.19 bits per heavy atom. The minimum absolute atomic E-state index is 0.130. The van der Waals surface area contributed by atoms with Crippen LogP contribution < -0.4 is 4.74 Å². The van der Waals surface area contributed by atoms with Crippen molar-refractivity contribution < 1.29 is 13.9 Å². The van der Waals surface area contributed by atoms with E-state index in [-0.39, 0.29) is 12.5 Å². The monoisotopic (exact) mass is 389 g/mol. The molecule has 0 N–H and O–H groups in total. The zero-order chi connectivity index (χ0) is 19.4. The fourth-order valence-corrected chi connectivity index (χ4v) is 4.28. The van der Waals surface area contributed by atoms with Gasteiger partial charge in [0.15, 0.2) is 6.61 Å². The Balaban J connectivity index is 1.51. The third-order valence-corrected chi connectivity index (χ3v) is 5.61. The summed E-state index contributed by atoms with van der Waals surface area (Å²) in [6, 6.07) is 6.63. The third kappa shape index (κ3) is 5.25. The molecule has 2 atom stereocenters. The molecule has 2 heterocycles. The van der Waals surface area contributed by atoms with E-state index in [4.69, 9.17) is 9.15 Å². The van der Waals surface area contributed by atoms with E-state index >= 15 is 0 Å². The summed E-state index contributed by atoms with van der Waals surface area (Å²) in [4.78, 5) is 14.6. The number of amides is 1. The van der Waals surface area contributed by atoms with Crippen molar-refractivity contribution in [1.82, 2.24) is 15.1 Å². The summed E-state index contributed by atoms with van der Waals surface area (Å²) in [5.41, 5.74) is 2.29. The van der Waals surface area contributed by atoms with E-state index in [1.807, 2.05) is 30.9 Å². The number of aryl methyl sites for hydroxylation is 2. The van der Waals surface area contributed by atoms with Gasteiger partial charge in [0.2, 0.25) is 5.91 Å². The maximum absolute atomic E-state index is 12.6. The molecule has 1 saturated heterocycles. The van der Waals surface area contributed by atoms with Gasteiger partial charge in [-0.2, -0.15) is 0 Å². The fourth-order valence-electron chi connectivity index (χ4n) is 3.63. The van der Waals surface area contributed by atoms with E-state index in [1.54, 1.807) is 0 Å². The summed E-state index contributed by atoms with van der Waals surface area (Å²) in [5, 5.41) is 8.43. The standard InChI is InChI=1S/C20H27N3O3S/c1-13-8-14(2)10-17(9-13)25-11-18-21-22-20(26-18)27-12-19(24)23-15(3)6-5-7-16(23)4/h8-10,15-16H,5-7,11-12H2,1-4H3/t15-,16-/m1/s1. The predicted octanol–water partition coefficient (Wildman–Crippen LogP) is 4.15. The third-order valence-electron chi connectivity index (χ3n) is 4.81. The smallest absolute Gasteiger partial charge is 0.277 e. The highest BCUT2D eigenvalue weighted by Gasteiger charge is 2.29. The zero-order valence-corrected chi connectivity index (χ0v) is 17.2. The summed E-state index contributed by atoms with van der Waals surface area (Å²) in [6.07, 6.45) is 3.33. The van der Waals surface area contributed by atoms with Gasteiger partial charge in [-0.25, -0.2) is 0 Å². The van der Waals surface area contributed by atoms with Crippen LogP contribution in [0.2, 0.25) is 0 Å². The second-order valence-electron chi connectivity index (χ2n) is 7.29. The van der Waals surface area contributed by atoms with E-state index in [9.17, 15) is 4.79 Å². The van der Waals surface area contributed by atoms with Gasteiger partial charge < -0.3 is 14.1 Å². The van der Waals surface area contributed by atoms with Gasteiger partial charge in [0.25, 0.3) is 11.1 Å². The molecule has 146 valence electrons. The number of nitrogens with zero attached hydrogens (tertiary/aromatic N) is 3. The van der Waals surface area contributed by atoms with E-state index in [0.717, 1.165) is 29.7 Å². The molecule has 0 aliphatic carbocycles. The second kappa shape index (κ2) is 8.78. The maximum Gasteiger partial charge on any atom is 0.277 e. The molecule has 1 aromatic carbocycles. The first kappa shape index (κ1) is 19.7. The number of aromatic nitrogens is 2. The summed E-state index contributed by atoms with van der Waals surface area (Å²) in [5.74, 6) is 1.63. The molecule has 27 heavy (non-hydrogen) atoms. The van der Waals surface area contributed by atoms with Crippen LogP contribution in [0.1, 0.15) is 50.1 Å². The van der Waals surface area contributed by atoms with Gasteiger partial charge >= 0.3 is 0 Å². The van der Waals surface area contributed by atoms with E-state index in [0.29, 0.717) is 29.0 Å². The number of carbonyl (C=O) groups is 1. The van der Waals surface area contributed by atoms with Crippen molar-refractivity contribution in [1.29, 1.82) is 0 Å². The first-order valence-electron chi connectivity index (χ1n) is 9.40. The number of carbonyl (C=O) groups excluding carboxylic acids is 1. The highest BCUT2D eigenvalue weighted by Crippen LogP contribution is 2.25. The highest BCUT2D eigenvalue weighted by molar-refractivity contribution is 7.99. The molecular formula is C20H27N3O3S. The molecular weight excluding hydrogens is 362 g/mol. The molecule has 3 rings (SSSR count). The first-order chi connectivity index (χ1) is 12.9. The average molecular weight is 390 g/mol. The first-order valence-corrected chi connectivity index (χ1v) is 10.4. The summed E-state index contributed by atoms with van der Waals surface area (Å²) < 4.78 is 11.3. The number of rotatable bonds is 6. The molecule has 1 aliphatic heterocycles. The minimum Gasteiger partial charge on any atom is -0.484 e. The molecule has 1 fully saturated rings. The van der Waals surface area contributed by atoms with Crippen molar-refractivity contribution in [2.24, 2.45) is 0 Å². The Bertz CT molecular complexity index is 762. The lowest BCUT2D eigenvalue weighted by atomic mass is 9.98. The largest absolute Gasteiger partial charge is 0.484 e. The number of thioether (sulfide) groups is 1. The molecule has 0 spiro atoms. The Kier molecular flexibility index (Phi) is 6.42. The molecule has 1 aliphatic rings. The van der Waals surface area contributed by atoms with Gasteiger partial charge in [-0.05, 0) is 70.2 Å². The summed E-state index contributed by atoms with van der Waals surface area (Å²) in [7, 11) is 0. The molecule has 7 heteroatoms. The lowest BCUT2D eigenvalue weighted by Gasteiger charge is -2.39. The summed E-state index contributed by atoms with van der Waals surface area (Å²) >= 11 is 1.29. The van der Waals surface area contributed by atoms with E-state index < -0.39 is 0 Å². The molecule has 1 amide bonds. The van der Waals surface area contributed by atoms with Crippen LogP contribution in [0.25, 0.3) is 0 Å². The van der Waals surface area contributed by atoms with E-state index in [2.05, 4.69) is 30.1 Å². The molecule has 1 aromatic heterocycles. The van der Waals surface area contributed by atoms with Crippen molar-refractivity contribution >= 4 is 17.7 Å². The van der Waals surface area contributed by atoms with Crippen LogP contribution in [0.5, 0.6) is 5.75 Å². The molecule has 0 saturated carbocycles. The number of ether oxygens (including phenoxy) is 1.